The van der Waals surface area contributed by atoms with E-state index < -0.39 is 5.41 Å². The zero-order valence-electron chi connectivity index (χ0n) is 28.6. The summed E-state index contributed by atoms with van der Waals surface area (Å²) in [6.07, 6.45) is 0. The summed E-state index contributed by atoms with van der Waals surface area (Å²) in [6, 6.07) is 63.5. The van der Waals surface area contributed by atoms with Crippen LogP contribution in [0.25, 0.3) is 44.4 Å². The van der Waals surface area contributed by atoms with Gasteiger partial charge in [0.2, 0.25) is 0 Å². The van der Waals surface area contributed by atoms with Gasteiger partial charge in [0, 0.05) is 27.5 Å². The molecule has 2 heteroatoms. The van der Waals surface area contributed by atoms with Gasteiger partial charge in [-0.05, 0) is 74.8 Å². The van der Waals surface area contributed by atoms with Crippen LogP contribution in [0.4, 0.5) is 0 Å². The second-order valence-corrected chi connectivity index (χ2v) is 14.3. The third-order valence-corrected chi connectivity index (χ3v) is 11.2. The van der Waals surface area contributed by atoms with E-state index in [1.54, 1.807) is 0 Å². The molecule has 242 valence electrons. The lowest BCUT2D eigenvalue weighted by Crippen LogP contribution is -2.43. The van der Waals surface area contributed by atoms with Crippen LogP contribution in [0, 0.1) is 0 Å². The smallest absolute Gasteiger partial charge is 0.132 e. The molecule has 2 heterocycles. The number of fused-ring (bicyclic) bond motifs is 9. The van der Waals surface area contributed by atoms with Crippen molar-refractivity contribution in [2.45, 2.75) is 24.7 Å². The Labute approximate surface area is 298 Å². The lowest BCUT2D eigenvalue weighted by atomic mass is 9.53. The Kier molecular flexibility index (Phi) is 6.47. The van der Waals surface area contributed by atoms with Gasteiger partial charge < -0.3 is 4.74 Å². The largest absolute Gasteiger partial charge is 0.457 e. The molecule has 8 aromatic rings. The first kappa shape index (κ1) is 29.6. The molecule has 1 aliphatic heterocycles. The van der Waals surface area contributed by atoms with Crippen LogP contribution in [-0.2, 0) is 10.8 Å². The highest BCUT2D eigenvalue weighted by atomic mass is 16.5. The van der Waals surface area contributed by atoms with Gasteiger partial charge in [0.05, 0.1) is 16.6 Å². The van der Waals surface area contributed by atoms with Crippen molar-refractivity contribution in [3.8, 4) is 45.0 Å². The average molecular weight is 654 g/mol. The molecule has 0 bridgehead atoms. The van der Waals surface area contributed by atoms with Gasteiger partial charge >= 0.3 is 0 Å². The highest BCUT2D eigenvalue weighted by Gasteiger charge is 2.52. The summed E-state index contributed by atoms with van der Waals surface area (Å²) in [5.41, 5.74) is 14.7. The maximum absolute atomic E-state index is 6.65. The molecule has 10 rings (SSSR count). The third kappa shape index (κ3) is 4.26. The number of rotatable bonds is 3. The molecule has 1 spiro atoms. The molecule has 2 nitrogen and oxygen atoms in total. The lowest BCUT2D eigenvalue weighted by molar-refractivity contribution is 0.425. The minimum Gasteiger partial charge on any atom is -0.457 e. The van der Waals surface area contributed by atoms with Crippen LogP contribution in [0.15, 0.2) is 176 Å². The predicted molar refractivity (Wildman–Crippen MR) is 209 cm³/mol. The molecule has 51 heavy (non-hydrogen) atoms. The normalized spacial score (nSPS) is 14.5. The van der Waals surface area contributed by atoms with Gasteiger partial charge in [-0.3, -0.25) is 0 Å². The standard InChI is InChI=1S/C49H35NO/c1-48(2)38-20-8-9-21-40(38)49(41-22-10-12-25-46(41)51-47-26-13-11-23-42(47)49)43-31-33(27-29-39(43)48)34-17-6-7-18-35(34)36-19-14-24-45-37(36)28-30-44(50-45)32-15-4-3-5-16-32/h3-31H,1-2H3. The molecule has 0 atom stereocenters. The summed E-state index contributed by atoms with van der Waals surface area (Å²) >= 11 is 0. The fraction of sp³-hybridized carbons (Fsp3) is 0.0816. The van der Waals surface area contributed by atoms with Gasteiger partial charge in [0.1, 0.15) is 11.5 Å². The van der Waals surface area contributed by atoms with E-state index in [4.69, 9.17) is 9.72 Å². The lowest BCUT2D eigenvalue weighted by Gasteiger charge is -2.50. The Hall–Kier alpha value is -6.25. The van der Waals surface area contributed by atoms with E-state index in [1.165, 1.54) is 55.6 Å². The number of ether oxygens (including phenoxy) is 1. The van der Waals surface area contributed by atoms with E-state index >= 15 is 0 Å². The minimum atomic E-state index is -0.560. The highest BCUT2D eigenvalue weighted by molar-refractivity contribution is 6.00. The van der Waals surface area contributed by atoms with Crippen molar-refractivity contribution in [2.24, 2.45) is 0 Å². The molecule has 7 aromatic carbocycles. The van der Waals surface area contributed by atoms with E-state index in [2.05, 4.69) is 184 Å². The molecule has 0 N–H and O–H groups in total. The van der Waals surface area contributed by atoms with E-state index in [1.807, 2.05) is 6.07 Å². The average Bonchev–Trinajstić information content (AvgIpc) is 3.19. The van der Waals surface area contributed by atoms with Crippen molar-refractivity contribution in [3.63, 3.8) is 0 Å². The Morgan fingerprint density at radius 2 is 1.00 bits per heavy atom. The number of pyridine rings is 1. The maximum Gasteiger partial charge on any atom is 0.132 e. The van der Waals surface area contributed by atoms with Gasteiger partial charge in [0.15, 0.2) is 0 Å². The molecule has 0 saturated heterocycles. The summed E-state index contributed by atoms with van der Waals surface area (Å²) in [4.78, 5) is 5.12. The molecular formula is C49H35NO. The van der Waals surface area contributed by atoms with E-state index in [-0.39, 0.29) is 5.41 Å². The van der Waals surface area contributed by atoms with Crippen molar-refractivity contribution in [3.05, 3.63) is 209 Å². The molecule has 1 aliphatic carbocycles. The first-order valence-corrected chi connectivity index (χ1v) is 17.7. The van der Waals surface area contributed by atoms with Crippen molar-refractivity contribution in [1.29, 1.82) is 0 Å². The number of hydrogen-bond acceptors (Lipinski definition) is 2. The van der Waals surface area contributed by atoms with E-state index in [0.29, 0.717) is 0 Å². The molecule has 1 aromatic heterocycles. The van der Waals surface area contributed by atoms with Crippen LogP contribution in [0.2, 0.25) is 0 Å². The van der Waals surface area contributed by atoms with Gasteiger partial charge in [0.25, 0.3) is 0 Å². The van der Waals surface area contributed by atoms with Crippen LogP contribution in [-0.4, -0.2) is 4.98 Å². The minimum absolute atomic E-state index is 0.213. The topological polar surface area (TPSA) is 22.1 Å². The molecule has 0 fully saturated rings. The highest BCUT2D eigenvalue weighted by Crippen LogP contribution is 2.61. The van der Waals surface area contributed by atoms with E-state index in [0.717, 1.165) is 33.7 Å². The maximum atomic E-state index is 6.65. The van der Waals surface area contributed by atoms with Crippen LogP contribution in [0.5, 0.6) is 11.5 Å². The van der Waals surface area contributed by atoms with Gasteiger partial charge in [-0.25, -0.2) is 4.98 Å². The van der Waals surface area contributed by atoms with Crippen LogP contribution in [0.3, 0.4) is 0 Å². The van der Waals surface area contributed by atoms with Crippen molar-refractivity contribution >= 4 is 10.9 Å². The molecule has 0 unspecified atom stereocenters. The van der Waals surface area contributed by atoms with Gasteiger partial charge in [-0.1, -0.05) is 159 Å². The van der Waals surface area contributed by atoms with Crippen LogP contribution >= 0.6 is 0 Å². The zero-order chi connectivity index (χ0) is 34.2. The summed E-state index contributed by atoms with van der Waals surface area (Å²) in [7, 11) is 0. The van der Waals surface area contributed by atoms with Crippen LogP contribution in [0.1, 0.15) is 47.2 Å². The Morgan fingerprint density at radius 3 is 1.75 bits per heavy atom. The quantitative estimate of drug-likeness (QED) is 0.189. The Morgan fingerprint density at radius 1 is 0.412 bits per heavy atom. The molecular weight excluding hydrogens is 619 g/mol. The fourth-order valence-electron chi connectivity index (χ4n) is 8.92. The van der Waals surface area contributed by atoms with Crippen LogP contribution < -0.4 is 4.74 Å². The SMILES string of the molecule is CC1(C)c2ccccc2C2(c3ccccc3Oc3ccccc32)c2cc(-c3ccccc3-c3cccc4nc(-c5ccccc5)ccc34)ccc21. The molecule has 0 saturated carbocycles. The summed E-state index contributed by atoms with van der Waals surface area (Å²) in [6.45, 7) is 4.74. The van der Waals surface area contributed by atoms with E-state index in [9.17, 15) is 0 Å². The number of hydrogen-bond donors (Lipinski definition) is 0. The Balaban J connectivity index is 1.23. The number of nitrogens with zero attached hydrogens (tertiary/aromatic N) is 1. The van der Waals surface area contributed by atoms with Gasteiger partial charge in [-0.2, -0.15) is 0 Å². The summed E-state index contributed by atoms with van der Waals surface area (Å²) < 4.78 is 6.65. The van der Waals surface area contributed by atoms with Crippen molar-refractivity contribution in [2.75, 3.05) is 0 Å². The molecule has 0 radical (unpaired) electrons. The third-order valence-electron chi connectivity index (χ3n) is 11.2. The Bertz CT molecular complexity index is 2610. The fourth-order valence-corrected chi connectivity index (χ4v) is 8.92. The number of aromatic nitrogens is 1. The second kappa shape index (κ2) is 11.1. The van der Waals surface area contributed by atoms with Gasteiger partial charge in [-0.15, -0.1) is 0 Å². The van der Waals surface area contributed by atoms with Crippen molar-refractivity contribution < 1.29 is 4.74 Å². The monoisotopic (exact) mass is 653 g/mol. The summed E-state index contributed by atoms with van der Waals surface area (Å²) in [5, 5.41) is 1.14. The molecule has 2 aliphatic rings. The van der Waals surface area contributed by atoms with Crippen molar-refractivity contribution in [1.82, 2.24) is 4.98 Å². The molecule has 0 amide bonds. The number of para-hydroxylation sites is 2. The predicted octanol–water partition coefficient (Wildman–Crippen LogP) is 12.4. The first-order chi connectivity index (χ1) is 25.0. The second-order valence-electron chi connectivity index (χ2n) is 14.3. The first-order valence-electron chi connectivity index (χ1n) is 17.7. The number of benzene rings is 7. The summed E-state index contributed by atoms with van der Waals surface area (Å²) in [5.74, 6) is 1.81. The zero-order valence-corrected chi connectivity index (χ0v) is 28.6.